The van der Waals surface area contributed by atoms with Crippen molar-refractivity contribution >= 4 is 50.1 Å². The summed E-state index contributed by atoms with van der Waals surface area (Å²) in [4.78, 5) is 47.5. The first-order valence-electron chi connectivity index (χ1n) is 10.5. The van der Waals surface area contributed by atoms with Crippen LogP contribution < -0.4 is 9.80 Å². The third-order valence-corrected chi connectivity index (χ3v) is 6.68. The Kier molecular flexibility index (Phi) is 6.08. The van der Waals surface area contributed by atoms with Crippen LogP contribution in [-0.2, 0) is 9.59 Å². The number of carbonyl (C=O) groups is 3. The molecule has 0 bridgehead atoms. The number of nitrogens with zero attached hydrogens (tertiary/aromatic N) is 4. The first kappa shape index (κ1) is 22.1. The number of amides is 3. The minimum atomic E-state index is -0.235. The van der Waals surface area contributed by atoms with Crippen molar-refractivity contribution in [2.75, 3.05) is 37.0 Å². The third-order valence-electron chi connectivity index (χ3n) is 5.64. The molecule has 2 heterocycles. The van der Waals surface area contributed by atoms with Crippen molar-refractivity contribution in [3.63, 3.8) is 0 Å². The lowest BCUT2D eigenvalue weighted by Crippen LogP contribution is -2.37. The quantitative estimate of drug-likeness (QED) is 0.535. The van der Waals surface area contributed by atoms with Crippen molar-refractivity contribution in [2.24, 2.45) is 0 Å². The fraction of sp³-hybridized carbons (Fsp3) is 0.333. The fourth-order valence-corrected chi connectivity index (χ4v) is 4.74. The smallest absolute Gasteiger partial charge is 0.260 e. The summed E-state index contributed by atoms with van der Waals surface area (Å²) < 4.78 is 1.03. The molecule has 3 amide bonds. The highest BCUT2D eigenvalue weighted by Crippen LogP contribution is 2.32. The summed E-state index contributed by atoms with van der Waals surface area (Å²) in [6.45, 7) is 5.25. The van der Waals surface area contributed by atoms with Crippen molar-refractivity contribution in [1.82, 2.24) is 9.88 Å². The molecule has 32 heavy (non-hydrogen) atoms. The zero-order valence-electron chi connectivity index (χ0n) is 18.7. The van der Waals surface area contributed by atoms with E-state index in [1.165, 1.54) is 21.8 Å². The molecule has 0 saturated carbocycles. The summed E-state index contributed by atoms with van der Waals surface area (Å²) >= 11 is 1.49. The average molecular weight is 451 g/mol. The van der Waals surface area contributed by atoms with E-state index >= 15 is 0 Å². The number of thiazole rings is 1. The maximum absolute atomic E-state index is 13.6. The van der Waals surface area contributed by atoms with Crippen LogP contribution >= 0.6 is 11.3 Å². The molecule has 166 valence electrons. The lowest BCUT2D eigenvalue weighted by atomic mass is 10.1. The maximum Gasteiger partial charge on any atom is 0.260 e. The van der Waals surface area contributed by atoms with Gasteiger partial charge in [0.1, 0.15) is 0 Å². The Bertz CT molecular complexity index is 1160. The van der Waals surface area contributed by atoms with E-state index in [0.29, 0.717) is 29.5 Å². The SMILES string of the molecule is Cc1cc2nc(N(CCN(C)C)C(=O)c3cccc(N4C(=O)CCC4=O)c3)sc2cc1C. The normalized spacial score (nSPS) is 14.1. The van der Waals surface area contributed by atoms with Gasteiger partial charge < -0.3 is 4.90 Å². The van der Waals surface area contributed by atoms with E-state index in [1.807, 2.05) is 25.1 Å². The number of anilines is 2. The van der Waals surface area contributed by atoms with Gasteiger partial charge in [0.05, 0.1) is 15.9 Å². The van der Waals surface area contributed by atoms with Gasteiger partial charge in [0.25, 0.3) is 5.91 Å². The molecule has 1 aliphatic rings. The van der Waals surface area contributed by atoms with Gasteiger partial charge in [-0.2, -0.15) is 0 Å². The Hall–Kier alpha value is -3.10. The summed E-state index contributed by atoms with van der Waals surface area (Å²) in [7, 11) is 3.91. The van der Waals surface area contributed by atoms with E-state index in [4.69, 9.17) is 4.98 Å². The van der Waals surface area contributed by atoms with Crippen LogP contribution in [0.5, 0.6) is 0 Å². The zero-order valence-corrected chi connectivity index (χ0v) is 19.5. The van der Waals surface area contributed by atoms with Gasteiger partial charge in [-0.15, -0.1) is 0 Å². The number of aromatic nitrogens is 1. The predicted molar refractivity (Wildman–Crippen MR) is 127 cm³/mol. The van der Waals surface area contributed by atoms with E-state index < -0.39 is 0 Å². The zero-order chi connectivity index (χ0) is 23.0. The average Bonchev–Trinajstić information content (AvgIpc) is 3.30. The molecular weight excluding hydrogens is 424 g/mol. The summed E-state index contributed by atoms with van der Waals surface area (Å²) in [6, 6.07) is 10.9. The molecule has 3 aromatic rings. The minimum Gasteiger partial charge on any atom is -0.308 e. The standard InChI is InChI=1S/C24H26N4O3S/c1-15-12-19-20(13-16(15)2)32-24(25-19)27(11-10-26(3)4)23(31)17-6-5-7-18(14-17)28-21(29)8-9-22(28)30/h5-7,12-14H,8-11H2,1-4H3. The summed E-state index contributed by atoms with van der Waals surface area (Å²) in [6.07, 6.45) is 0.410. The van der Waals surface area contributed by atoms with Gasteiger partial charge >= 0.3 is 0 Å². The molecule has 0 atom stereocenters. The van der Waals surface area contributed by atoms with E-state index in [0.717, 1.165) is 15.8 Å². The molecule has 0 spiro atoms. The van der Waals surface area contributed by atoms with Gasteiger partial charge in [-0.1, -0.05) is 17.4 Å². The number of likely N-dealkylation sites (N-methyl/N-ethyl adjacent to an activating group) is 1. The van der Waals surface area contributed by atoms with Gasteiger partial charge in [-0.05, 0) is 69.4 Å². The number of imide groups is 1. The number of carbonyl (C=O) groups excluding carboxylic acids is 3. The Morgan fingerprint density at radius 1 is 1.03 bits per heavy atom. The second-order valence-electron chi connectivity index (χ2n) is 8.33. The topological polar surface area (TPSA) is 73.8 Å². The van der Waals surface area contributed by atoms with Crippen molar-refractivity contribution < 1.29 is 14.4 Å². The third kappa shape index (κ3) is 4.28. The summed E-state index contributed by atoms with van der Waals surface area (Å²) in [5.41, 5.74) is 4.07. The highest BCUT2D eigenvalue weighted by molar-refractivity contribution is 7.22. The Balaban J connectivity index is 1.71. The second-order valence-corrected chi connectivity index (χ2v) is 9.34. The molecule has 0 aliphatic carbocycles. The predicted octanol–water partition coefficient (Wildman–Crippen LogP) is 3.77. The maximum atomic E-state index is 13.6. The lowest BCUT2D eigenvalue weighted by molar-refractivity contribution is -0.121. The number of aryl methyl sites for hydroxylation is 2. The second kappa shape index (κ2) is 8.80. The largest absolute Gasteiger partial charge is 0.308 e. The molecule has 7 nitrogen and oxygen atoms in total. The lowest BCUT2D eigenvalue weighted by Gasteiger charge is -2.22. The molecule has 0 radical (unpaired) electrons. The van der Waals surface area contributed by atoms with Crippen LogP contribution in [0.3, 0.4) is 0 Å². The fourth-order valence-electron chi connectivity index (χ4n) is 3.67. The Morgan fingerprint density at radius 3 is 2.41 bits per heavy atom. The van der Waals surface area contributed by atoms with Gasteiger partial charge in [0, 0.05) is 31.5 Å². The van der Waals surface area contributed by atoms with Gasteiger partial charge in [-0.3, -0.25) is 24.2 Å². The van der Waals surface area contributed by atoms with Crippen molar-refractivity contribution in [1.29, 1.82) is 0 Å². The molecular formula is C24H26N4O3S. The van der Waals surface area contributed by atoms with E-state index in [1.54, 1.807) is 29.2 Å². The highest BCUT2D eigenvalue weighted by Gasteiger charge is 2.31. The van der Waals surface area contributed by atoms with Gasteiger partial charge in [0.2, 0.25) is 11.8 Å². The molecule has 1 saturated heterocycles. The van der Waals surface area contributed by atoms with Crippen LogP contribution in [0.1, 0.15) is 34.3 Å². The van der Waals surface area contributed by atoms with Crippen LogP contribution in [0.4, 0.5) is 10.8 Å². The molecule has 1 aromatic heterocycles. The first-order chi connectivity index (χ1) is 15.2. The van der Waals surface area contributed by atoms with E-state index in [-0.39, 0.29) is 30.6 Å². The number of fused-ring (bicyclic) bond motifs is 1. The van der Waals surface area contributed by atoms with Crippen molar-refractivity contribution in [2.45, 2.75) is 26.7 Å². The number of hydrogen-bond acceptors (Lipinski definition) is 6. The summed E-state index contributed by atoms with van der Waals surface area (Å²) in [5.74, 6) is -0.678. The van der Waals surface area contributed by atoms with Crippen molar-refractivity contribution in [3.05, 3.63) is 53.1 Å². The molecule has 0 N–H and O–H groups in total. The van der Waals surface area contributed by atoms with Crippen LogP contribution in [0, 0.1) is 13.8 Å². The number of hydrogen-bond donors (Lipinski definition) is 0. The van der Waals surface area contributed by atoms with Crippen LogP contribution in [0.15, 0.2) is 36.4 Å². The van der Waals surface area contributed by atoms with Crippen LogP contribution in [0.2, 0.25) is 0 Å². The van der Waals surface area contributed by atoms with E-state index in [9.17, 15) is 14.4 Å². The minimum absolute atomic E-state index is 0.205. The van der Waals surface area contributed by atoms with Gasteiger partial charge in [-0.25, -0.2) is 4.98 Å². The highest BCUT2D eigenvalue weighted by atomic mass is 32.1. The Labute approximate surface area is 191 Å². The van der Waals surface area contributed by atoms with Crippen LogP contribution in [0.25, 0.3) is 10.2 Å². The number of benzene rings is 2. The molecule has 0 unspecified atom stereocenters. The van der Waals surface area contributed by atoms with Gasteiger partial charge in [0.15, 0.2) is 5.13 Å². The first-order valence-corrected chi connectivity index (χ1v) is 11.4. The molecule has 1 aliphatic heterocycles. The number of rotatable bonds is 6. The molecule has 8 heteroatoms. The molecule has 1 fully saturated rings. The molecule has 4 rings (SSSR count). The monoisotopic (exact) mass is 450 g/mol. The summed E-state index contributed by atoms with van der Waals surface area (Å²) in [5, 5.41) is 0.635. The van der Waals surface area contributed by atoms with E-state index in [2.05, 4.69) is 19.9 Å². The van der Waals surface area contributed by atoms with Crippen LogP contribution in [-0.4, -0.2) is 54.8 Å². The Morgan fingerprint density at radius 2 is 1.72 bits per heavy atom. The van der Waals surface area contributed by atoms with Crippen molar-refractivity contribution in [3.8, 4) is 0 Å². The molecule has 2 aromatic carbocycles.